The average Bonchev–Trinajstić information content (AvgIpc) is 2.84. The van der Waals surface area contributed by atoms with Gasteiger partial charge in [-0.3, -0.25) is 4.79 Å². The number of nitrogens with two attached hydrogens (primary N) is 1. The highest BCUT2D eigenvalue weighted by atomic mass is 32.1. The number of rotatable bonds is 4. The van der Waals surface area contributed by atoms with E-state index in [1.807, 2.05) is 50.4 Å². The predicted molar refractivity (Wildman–Crippen MR) is 83.7 cm³/mol. The van der Waals surface area contributed by atoms with E-state index in [1.54, 1.807) is 11.3 Å². The second kappa shape index (κ2) is 6.15. The molecule has 2 atom stereocenters. The minimum atomic E-state index is -0.222. The van der Waals surface area contributed by atoms with Crippen LogP contribution in [0.15, 0.2) is 29.6 Å². The lowest BCUT2D eigenvalue weighted by Gasteiger charge is -2.15. The van der Waals surface area contributed by atoms with Gasteiger partial charge in [-0.25, -0.2) is 4.98 Å². The maximum atomic E-state index is 12.0. The minimum Gasteiger partial charge on any atom is -0.327 e. The van der Waals surface area contributed by atoms with Gasteiger partial charge in [0, 0.05) is 22.7 Å². The molecule has 0 aliphatic carbocycles. The number of nitrogens with one attached hydrogen (secondary N) is 1. The first kappa shape index (κ1) is 14.7. The lowest BCUT2D eigenvalue weighted by Crippen LogP contribution is -2.34. The molecule has 0 spiro atoms. The number of aromatic nitrogens is 1. The van der Waals surface area contributed by atoms with Crippen LogP contribution in [-0.4, -0.2) is 16.9 Å². The van der Waals surface area contributed by atoms with E-state index in [1.165, 1.54) is 0 Å². The number of hydrogen-bond acceptors (Lipinski definition) is 4. The van der Waals surface area contributed by atoms with Gasteiger partial charge in [-0.05, 0) is 26.0 Å². The van der Waals surface area contributed by atoms with Crippen LogP contribution < -0.4 is 11.1 Å². The van der Waals surface area contributed by atoms with Gasteiger partial charge in [0.25, 0.3) is 0 Å². The van der Waals surface area contributed by atoms with E-state index < -0.39 is 0 Å². The minimum absolute atomic E-state index is 0.0633. The molecule has 0 aliphatic heterocycles. The third kappa shape index (κ3) is 3.43. The van der Waals surface area contributed by atoms with E-state index in [9.17, 15) is 4.79 Å². The van der Waals surface area contributed by atoms with Crippen LogP contribution in [0.25, 0.3) is 11.3 Å². The summed E-state index contributed by atoms with van der Waals surface area (Å²) in [5.41, 5.74) is 8.45. The molecule has 2 unspecified atom stereocenters. The summed E-state index contributed by atoms with van der Waals surface area (Å²) in [7, 11) is 0. The average molecular weight is 289 g/mol. The van der Waals surface area contributed by atoms with Crippen molar-refractivity contribution in [1.82, 2.24) is 4.98 Å². The predicted octanol–water partition coefficient (Wildman–Crippen LogP) is 3.04. The Morgan fingerprint density at radius 3 is 2.75 bits per heavy atom. The molecule has 4 nitrogen and oxygen atoms in total. The normalized spacial score (nSPS) is 13.8. The molecule has 1 heterocycles. The van der Waals surface area contributed by atoms with E-state index in [4.69, 9.17) is 5.73 Å². The Labute approximate surface area is 123 Å². The molecule has 3 N–H and O–H groups in total. The lowest BCUT2D eigenvalue weighted by molar-refractivity contribution is -0.119. The fourth-order valence-electron chi connectivity index (χ4n) is 1.75. The summed E-state index contributed by atoms with van der Waals surface area (Å²) in [6.07, 6.45) is 0. The zero-order valence-corrected chi connectivity index (χ0v) is 12.7. The Kier molecular flexibility index (Phi) is 4.52. The highest BCUT2D eigenvalue weighted by molar-refractivity contribution is 7.09. The van der Waals surface area contributed by atoms with Crippen LogP contribution in [0.5, 0.6) is 0 Å². The Morgan fingerprint density at radius 2 is 2.15 bits per heavy atom. The van der Waals surface area contributed by atoms with Gasteiger partial charge in [-0.15, -0.1) is 11.3 Å². The van der Waals surface area contributed by atoms with Gasteiger partial charge in [0.15, 0.2) is 0 Å². The summed E-state index contributed by atoms with van der Waals surface area (Å²) < 4.78 is 0. The molecule has 20 heavy (non-hydrogen) atoms. The topological polar surface area (TPSA) is 68.0 Å². The molecule has 0 radical (unpaired) electrons. The van der Waals surface area contributed by atoms with Crippen molar-refractivity contribution >= 4 is 22.9 Å². The summed E-state index contributed by atoms with van der Waals surface area (Å²) in [6, 6.07) is 7.53. The molecule has 0 aliphatic rings. The summed E-state index contributed by atoms with van der Waals surface area (Å²) in [5.74, 6) is -0.285. The Morgan fingerprint density at radius 1 is 1.40 bits per heavy atom. The number of thiazole rings is 1. The molecule has 1 aromatic carbocycles. The van der Waals surface area contributed by atoms with Crippen molar-refractivity contribution in [1.29, 1.82) is 0 Å². The van der Waals surface area contributed by atoms with E-state index >= 15 is 0 Å². The highest BCUT2D eigenvalue weighted by Gasteiger charge is 2.17. The van der Waals surface area contributed by atoms with Crippen LogP contribution >= 0.6 is 11.3 Å². The van der Waals surface area contributed by atoms with E-state index in [0.717, 1.165) is 22.0 Å². The van der Waals surface area contributed by atoms with Gasteiger partial charge in [-0.1, -0.05) is 19.1 Å². The third-order valence-electron chi connectivity index (χ3n) is 3.25. The maximum absolute atomic E-state index is 12.0. The number of nitrogens with zero attached hydrogens (tertiary/aromatic N) is 1. The molecule has 0 bridgehead atoms. The van der Waals surface area contributed by atoms with Gasteiger partial charge in [0.05, 0.1) is 16.6 Å². The first-order valence-electron chi connectivity index (χ1n) is 6.56. The number of hydrogen-bond donors (Lipinski definition) is 2. The zero-order valence-electron chi connectivity index (χ0n) is 11.9. The molecular weight excluding hydrogens is 270 g/mol. The third-order valence-corrected chi connectivity index (χ3v) is 4.02. The van der Waals surface area contributed by atoms with Crippen molar-refractivity contribution in [3.05, 3.63) is 34.7 Å². The molecular formula is C15H19N3OS. The summed E-state index contributed by atoms with van der Waals surface area (Å²) >= 11 is 1.61. The smallest absolute Gasteiger partial charge is 0.228 e. The molecule has 106 valence electrons. The molecule has 2 rings (SSSR count). The summed E-state index contributed by atoms with van der Waals surface area (Å²) in [6.45, 7) is 5.64. The molecule has 1 aromatic heterocycles. The number of anilines is 1. The van der Waals surface area contributed by atoms with Gasteiger partial charge in [-0.2, -0.15) is 0 Å². The Balaban J connectivity index is 2.16. The van der Waals surface area contributed by atoms with Gasteiger partial charge in [0.1, 0.15) is 0 Å². The van der Waals surface area contributed by atoms with Crippen molar-refractivity contribution < 1.29 is 4.79 Å². The number of amides is 1. The second-order valence-electron chi connectivity index (χ2n) is 4.97. The van der Waals surface area contributed by atoms with Crippen LogP contribution in [0.4, 0.5) is 5.69 Å². The van der Waals surface area contributed by atoms with Gasteiger partial charge >= 0.3 is 0 Å². The zero-order chi connectivity index (χ0) is 14.7. The van der Waals surface area contributed by atoms with E-state index in [2.05, 4.69) is 10.3 Å². The van der Waals surface area contributed by atoms with E-state index in [-0.39, 0.29) is 17.9 Å². The van der Waals surface area contributed by atoms with Crippen LogP contribution in [-0.2, 0) is 4.79 Å². The standard InChI is InChI=1S/C15H19N3OS/c1-9(10(2)16)15(19)18-13-6-4-5-12(7-13)14-8-20-11(3)17-14/h4-10H,16H2,1-3H3,(H,18,19). The fourth-order valence-corrected chi connectivity index (χ4v) is 2.37. The number of benzene rings is 1. The summed E-state index contributed by atoms with van der Waals surface area (Å²) in [4.78, 5) is 16.5. The summed E-state index contributed by atoms with van der Waals surface area (Å²) in [5, 5.41) is 5.94. The molecule has 2 aromatic rings. The molecule has 0 fully saturated rings. The second-order valence-corrected chi connectivity index (χ2v) is 6.03. The van der Waals surface area contributed by atoms with Crippen molar-refractivity contribution in [3.63, 3.8) is 0 Å². The lowest BCUT2D eigenvalue weighted by atomic mass is 10.0. The Hall–Kier alpha value is -1.72. The largest absolute Gasteiger partial charge is 0.327 e. The molecule has 0 saturated carbocycles. The SMILES string of the molecule is Cc1nc(-c2cccc(NC(=O)C(C)C(C)N)c2)cs1. The van der Waals surface area contributed by atoms with Crippen molar-refractivity contribution in [2.75, 3.05) is 5.32 Å². The molecule has 1 amide bonds. The van der Waals surface area contributed by atoms with Crippen molar-refractivity contribution in [2.45, 2.75) is 26.8 Å². The monoisotopic (exact) mass is 289 g/mol. The number of carbonyl (C=O) groups excluding carboxylic acids is 1. The van der Waals surface area contributed by atoms with Crippen molar-refractivity contribution in [2.24, 2.45) is 11.7 Å². The van der Waals surface area contributed by atoms with Crippen LogP contribution in [0.2, 0.25) is 0 Å². The number of carbonyl (C=O) groups is 1. The van der Waals surface area contributed by atoms with Crippen molar-refractivity contribution in [3.8, 4) is 11.3 Å². The fraction of sp³-hybridized carbons (Fsp3) is 0.333. The van der Waals surface area contributed by atoms with Gasteiger partial charge < -0.3 is 11.1 Å². The molecule has 5 heteroatoms. The van der Waals surface area contributed by atoms with Gasteiger partial charge in [0.2, 0.25) is 5.91 Å². The van der Waals surface area contributed by atoms with Crippen LogP contribution in [0.1, 0.15) is 18.9 Å². The Bertz CT molecular complexity index is 607. The molecule has 0 saturated heterocycles. The highest BCUT2D eigenvalue weighted by Crippen LogP contribution is 2.24. The quantitative estimate of drug-likeness (QED) is 0.909. The first-order chi connectivity index (χ1) is 9.47. The van der Waals surface area contributed by atoms with E-state index in [0.29, 0.717) is 0 Å². The van der Waals surface area contributed by atoms with Crippen LogP contribution in [0, 0.1) is 12.8 Å². The van der Waals surface area contributed by atoms with Crippen LogP contribution in [0.3, 0.4) is 0 Å². The first-order valence-corrected chi connectivity index (χ1v) is 7.44. The number of aryl methyl sites for hydroxylation is 1. The maximum Gasteiger partial charge on any atom is 0.228 e.